The van der Waals surface area contributed by atoms with Crippen LogP contribution in [0.5, 0.6) is 11.5 Å². The molecule has 0 aromatic heterocycles. The van der Waals surface area contributed by atoms with Crippen LogP contribution >= 0.6 is 0 Å². The summed E-state index contributed by atoms with van der Waals surface area (Å²) in [5.41, 5.74) is 4.94. The van der Waals surface area contributed by atoms with Crippen LogP contribution in [0, 0.1) is 0 Å². The molecule has 2 aromatic carbocycles. The van der Waals surface area contributed by atoms with E-state index >= 15 is 0 Å². The van der Waals surface area contributed by atoms with Crippen LogP contribution in [-0.2, 0) is 30.9 Å². The molecular formula is C22H29N3O3. The van der Waals surface area contributed by atoms with Gasteiger partial charge < -0.3 is 24.4 Å². The van der Waals surface area contributed by atoms with Crippen molar-refractivity contribution >= 4 is 5.96 Å². The highest BCUT2D eigenvalue weighted by Gasteiger charge is 2.21. The molecule has 2 aromatic rings. The maximum absolute atomic E-state index is 5.46. The van der Waals surface area contributed by atoms with Crippen LogP contribution in [-0.4, -0.2) is 45.8 Å². The summed E-state index contributed by atoms with van der Waals surface area (Å²) >= 11 is 0. The lowest BCUT2D eigenvalue weighted by atomic mass is 9.99. The van der Waals surface area contributed by atoms with Crippen molar-refractivity contribution in [3.63, 3.8) is 0 Å². The predicted molar refractivity (Wildman–Crippen MR) is 111 cm³/mol. The quantitative estimate of drug-likeness (QED) is 0.614. The van der Waals surface area contributed by atoms with E-state index in [1.807, 2.05) is 7.05 Å². The van der Waals surface area contributed by atoms with Gasteiger partial charge >= 0.3 is 0 Å². The molecule has 1 heterocycles. The molecule has 0 amide bonds. The summed E-state index contributed by atoms with van der Waals surface area (Å²) in [6, 6.07) is 12.6. The van der Waals surface area contributed by atoms with E-state index in [0.717, 1.165) is 43.5 Å². The molecule has 150 valence electrons. The zero-order valence-electron chi connectivity index (χ0n) is 17.1. The molecule has 0 aliphatic carbocycles. The zero-order valence-corrected chi connectivity index (χ0v) is 17.1. The summed E-state index contributed by atoms with van der Waals surface area (Å²) in [5, 5.41) is 3.48. The number of benzene rings is 2. The second-order valence-electron chi connectivity index (χ2n) is 6.80. The molecule has 28 heavy (non-hydrogen) atoms. The third kappa shape index (κ3) is 4.57. The molecule has 1 aliphatic heterocycles. The normalized spacial score (nSPS) is 13.9. The molecule has 0 atom stereocenters. The van der Waals surface area contributed by atoms with Crippen molar-refractivity contribution in [3.8, 4) is 11.5 Å². The van der Waals surface area contributed by atoms with E-state index in [1.54, 1.807) is 21.3 Å². The van der Waals surface area contributed by atoms with Gasteiger partial charge in [-0.1, -0.05) is 24.3 Å². The molecule has 6 heteroatoms. The molecule has 1 N–H and O–H groups in total. The minimum absolute atomic E-state index is 0.636. The third-order valence-corrected chi connectivity index (χ3v) is 5.01. The van der Waals surface area contributed by atoms with Gasteiger partial charge in [0.1, 0.15) is 0 Å². The Balaban J connectivity index is 1.65. The van der Waals surface area contributed by atoms with Crippen molar-refractivity contribution in [2.24, 2.45) is 4.99 Å². The highest BCUT2D eigenvalue weighted by molar-refractivity contribution is 5.80. The molecule has 0 fully saturated rings. The first-order valence-corrected chi connectivity index (χ1v) is 9.44. The van der Waals surface area contributed by atoms with Crippen LogP contribution in [0.2, 0.25) is 0 Å². The van der Waals surface area contributed by atoms with E-state index in [2.05, 4.69) is 51.6 Å². The molecule has 1 aliphatic rings. The Labute approximate surface area is 167 Å². The molecule has 0 spiro atoms. The highest BCUT2D eigenvalue weighted by atomic mass is 16.5. The SMILES string of the molecule is CN=C(NCc1ccc(COC)cc1)N1CCc2cc(OC)c(OC)cc2C1. The van der Waals surface area contributed by atoms with E-state index in [0.29, 0.717) is 6.61 Å². The fourth-order valence-electron chi connectivity index (χ4n) is 3.50. The Morgan fingerprint density at radius 2 is 1.64 bits per heavy atom. The second kappa shape index (κ2) is 9.46. The summed E-state index contributed by atoms with van der Waals surface area (Å²) < 4.78 is 16.0. The van der Waals surface area contributed by atoms with E-state index in [9.17, 15) is 0 Å². The monoisotopic (exact) mass is 383 g/mol. The lowest BCUT2D eigenvalue weighted by molar-refractivity contribution is 0.185. The molecule has 0 bridgehead atoms. The maximum atomic E-state index is 5.46. The maximum Gasteiger partial charge on any atom is 0.194 e. The zero-order chi connectivity index (χ0) is 19.9. The number of ether oxygens (including phenoxy) is 3. The summed E-state index contributed by atoms with van der Waals surface area (Å²) in [5.74, 6) is 2.46. The van der Waals surface area contributed by atoms with Crippen LogP contribution in [0.4, 0.5) is 0 Å². The van der Waals surface area contributed by atoms with Gasteiger partial charge in [0.2, 0.25) is 0 Å². The number of methoxy groups -OCH3 is 3. The summed E-state index contributed by atoms with van der Waals surface area (Å²) in [4.78, 5) is 6.75. The first kappa shape index (κ1) is 20.0. The van der Waals surface area contributed by atoms with E-state index in [4.69, 9.17) is 14.2 Å². The van der Waals surface area contributed by atoms with Gasteiger partial charge in [-0.2, -0.15) is 0 Å². The number of nitrogens with one attached hydrogen (secondary N) is 1. The molecule has 0 unspecified atom stereocenters. The Morgan fingerprint density at radius 3 is 2.25 bits per heavy atom. The predicted octanol–water partition coefficient (Wildman–Crippen LogP) is 2.98. The topological polar surface area (TPSA) is 55.3 Å². The number of hydrogen-bond donors (Lipinski definition) is 1. The number of nitrogens with zero attached hydrogens (tertiary/aromatic N) is 2. The lowest BCUT2D eigenvalue weighted by Gasteiger charge is -2.32. The average molecular weight is 383 g/mol. The lowest BCUT2D eigenvalue weighted by Crippen LogP contribution is -2.43. The minimum atomic E-state index is 0.636. The molecule has 0 saturated carbocycles. The molecule has 3 rings (SSSR count). The fourth-order valence-corrected chi connectivity index (χ4v) is 3.50. The van der Waals surface area contributed by atoms with Gasteiger partial charge in [-0.05, 0) is 40.8 Å². The van der Waals surface area contributed by atoms with Gasteiger partial charge in [-0.3, -0.25) is 4.99 Å². The van der Waals surface area contributed by atoms with Crippen LogP contribution in [0.25, 0.3) is 0 Å². The van der Waals surface area contributed by atoms with Gasteiger partial charge in [-0.15, -0.1) is 0 Å². The van der Waals surface area contributed by atoms with Crippen molar-refractivity contribution in [2.45, 2.75) is 26.1 Å². The van der Waals surface area contributed by atoms with Crippen molar-refractivity contribution in [1.29, 1.82) is 0 Å². The van der Waals surface area contributed by atoms with Crippen LogP contribution in [0.15, 0.2) is 41.4 Å². The van der Waals surface area contributed by atoms with Gasteiger partial charge in [-0.25, -0.2) is 0 Å². The number of hydrogen-bond acceptors (Lipinski definition) is 4. The molecule has 6 nitrogen and oxygen atoms in total. The van der Waals surface area contributed by atoms with Crippen molar-refractivity contribution in [1.82, 2.24) is 10.2 Å². The number of rotatable bonds is 6. The number of aliphatic imine (C=N–C) groups is 1. The smallest absolute Gasteiger partial charge is 0.194 e. The Hall–Kier alpha value is -2.73. The van der Waals surface area contributed by atoms with E-state index in [1.165, 1.54) is 22.3 Å². The Morgan fingerprint density at radius 1 is 1.00 bits per heavy atom. The van der Waals surface area contributed by atoms with E-state index in [-0.39, 0.29) is 0 Å². The third-order valence-electron chi connectivity index (χ3n) is 5.01. The molecular weight excluding hydrogens is 354 g/mol. The second-order valence-corrected chi connectivity index (χ2v) is 6.80. The Bertz CT molecular complexity index is 819. The van der Waals surface area contributed by atoms with E-state index < -0.39 is 0 Å². The van der Waals surface area contributed by atoms with Crippen LogP contribution in [0.3, 0.4) is 0 Å². The standard InChI is InChI=1S/C22H29N3O3/c1-23-22(24-13-16-5-7-17(8-6-16)15-26-2)25-10-9-18-11-20(27-3)21(28-4)12-19(18)14-25/h5-8,11-12H,9-10,13-15H2,1-4H3,(H,23,24). The molecule has 0 saturated heterocycles. The van der Waals surface area contributed by atoms with Crippen LogP contribution in [0.1, 0.15) is 22.3 Å². The molecule has 0 radical (unpaired) electrons. The average Bonchev–Trinajstić information content (AvgIpc) is 2.74. The summed E-state index contributed by atoms with van der Waals surface area (Å²) in [6.07, 6.45) is 0.947. The number of fused-ring (bicyclic) bond motifs is 1. The van der Waals surface area contributed by atoms with Gasteiger partial charge in [0, 0.05) is 33.8 Å². The first-order valence-electron chi connectivity index (χ1n) is 9.44. The highest BCUT2D eigenvalue weighted by Crippen LogP contribution is 2.33. The van der Waals surface area contributed by atoms with Crippen LogP contribution < -0.4 is 14.8 Å². The van der Waals surface area contributed by atoms with Gasteiger partial charge in [0.15, 0.2) is 17.5 Å². The first-order chi connectivity index (χ1) is 13.7. The van der Waals surface area contributed by atoms with Gasteiger partial charge in [0.05, 0.1) is 20.8 Å². The Kier molecular flexibility index (Phi) is 6.76. The fraction of sp³-hybridized carbons (Fsp3) is 0.409. The van der Waals surface area contributed by atoms with Crippen molar-refractivity contribution in [2.75, 3.05) is 34.9 Å². The summed E-state index contributed by atoms with van der Waals surface area (Å²) in [6.45, 7) is 3.07. The minimum Gasteiger partial charge on any atom is -0.493 e. The van der Waals surface area contributed by atoms with Gasteiger partial charge in [0.25, 0.3) is 0 Å². The number of guanidine groups is 1. The van der Waals surface area contributed by atoms with Crippen molar-refractivity contribution in [3.05, 3.63) is 58.7 Å². The largest absolute Gasteiger partial charge is 0.493 e. The summed E-state index contributed by atoms with van der Waals surface area (Å²) in [7, 11) is 6.88. The van der Waals surface area contributed by atoms with Crippen molar-refractivity contribution < 1.29 is 14.2 Å².